The van der Waals surface area contributed by atoms with Gasteiger partial charge < -0.3 is 15.4 Å². The third kappa shape index (κ3) is 7.17. The average molecular weight is 529 g/mol. The molecule has 9 heteroatoms. The normalized spacial score (nSPS) is 10.8. The predicted octanol–water partition coefficient (Wildman–Crippen LogP) is 5.80. The standard InChI is InChI=1S/C24H16BrClFN3O3/c25-21-12-15(11-16(13-28)24(32)30-20-6-2-17(26)3-7-20)1-10-22(21)33-14-23(31)29-19-8-4-18(27)5-9-19/h1-12H,14H2,(H,29,31)(H,30,32)/b16-11-. The van der Waals surface area contributed by atoms with Crippen LogP contribution in [0.15, 0.2) is 76.8 Å². The summed E-state index contributed by atoms with van der Waals surface area (Å²) >= 11 is 9.19. The Morgan fingerprint density at radius 1 is 1.03 bits per heavy atom. The van der Waals surface area contributed by atoms with Gasteiger partial charge in [-0.05, 0) is 88.2 Å². The van der Waals surface area contributed by atoms with Crippen molar-refractivity contribution in [1.29, 1.82) is 5.26 Å². The van der Waals surface area contributed by atoms with Crippen molar-refractivity contribution < 1.29 is 18.7 Å². The summed E-state index contributed by atoms with van der Waals surface area (Å²) in [6.45, 7) is -0.266. The van der Waals surface area contributed by atoms with Gasteiger partial charge in [-0.1, -0.05) is 17.7 Å². The molecule has 33 heavy (non-hydrogen) atoms. The van der Waals surface area contributed by atoms with Crippen molar-refractivity contribution in [3.8, 4) is 11.8 Å². The number of benzene rings is 3. The highest BCUT2D eigenvalue weighted by molar-refractivity contribution is 9.10. The maximum Gasteiger partial charge on any atom is 0.266 e. The van der Waals surface area contributed by atoms with Crippen LogP contribution in [0, 0.1) is 17.1 Å². The fourth-order valence-electron chi connectivity index (χ4n) is 2.64. The molecule has 0 aromatic heterocycles. The van der Waals surface area contributed by atoms with Gasteiger partial charge in [0.15, 0.2) is 6.61 Å². The largest absolute Gasteiger partial charge is 0.483 e. The van der Waals surface area contributed by atoms with Gasteiger partial charge in [0, 0.05) is 16.4 Å². The van der Waals surface area contributed by atoms with Gasteiger partial charge in [-0.25, -0.2) is 4.39 Å². The molecule has 0 atom stereocenters. The number of carbonyl (C=O) groups excluding carboxylic acids is 2. The zero-order valence-electron chi connectivity index (χ0n) is 16.9. The van der Waals surface area contributed by atoms with Gasteiger partial charge in [0.25, 0.3) is 11.8 Å². The first kappa shape index (κ1) is 24.0. The van der Waals surface area contributed by atoms with Gasteiger partial charge >= 0.3 is 0 Å². The Labute approximate surface area is 202 Å². The van der Waals surface area contributed by atoms with E-state index in [4.69, 9.17) is 16.3 Å². The molecule has 166 valence electrons. The molecule has 0 aliphatic heterocycles. The highest BCUT2D eigenvalue weighted by Crippen LogP contribution is 2.27. The second kappa shape index (κ2) is 11.3. The van der Waals surface area contributed by atoms with Gasteiger partial charge in [0.05, 0.1) is 4.47 Å². The van der Waals surface area contributed by atoms with Crippen LogP contribution in [0.5, 0.6) is 5.75 Å². The third-order valence-corrected chi connectivity index (χ3v) is 5.09. The van der Waals surface area contributed by atoms with Gasteiger partial charge in [-0.3, -0.25) is 9.59 Å². The molecule has 0 aliphatic carbocycles. The summed E-state index contributed by atoms with van der Waals surface area (Å²) < 4.78 is 19.0. The number of amides is 2. The zero-order chi connectivity index (χ0) is 23.8. The van der Waals surface area contributed by atoms with E-state index < -0.39 is 17.6 Å². The van der Waals surface area contributed by atoms with Crippen molar-refractivity contribution in [2.45, 2.75) is 0 Å². The molecule has 0 radical (unpaired) electrons. The third-order valence-electron chi connectivity index (χ3n) is 4.22. The molecule has 3 rings (SSSR count). The van der Waals surface area contributed by atoms with Crippen LogP contribution >= 0.6 is 27.5 Å². The number of rotatable bonds is 7. The fourth-order valence-corrected chi connectivity index (χ4v) is 3.28. The van der Waals surface area contributed by atoms with E-state index in [0.717, 1.165) is 0 Å². The van der Waals surface area contributed by atoms with E-state index in [1.807, 2.05) is 6.07 Å². The average Bonchev–Trinajstić information content (AvgIpc) is 2.80. The lowest BCUT2D eigenvalue weighted by atomic mass is 10.1. The second-order valence-corrected chi connectivity index (χ2v) is 7.96. The SMILES string of the molecule is N#C/C(=C/c1ccc(OCC(=O)Nc2ccc(F)cc2)c(Br)c1)C(=O)Nc1ccc(Cl)cc1. The highest BCUT2D eigenvalue weighted by atomic mass is 79.9. The molecule has 0 fully saturated rings. The summed E-state index contributed by atoms with van der Waals surface area (Å²) in [4.78, 5) is 24.4. The van der Waals surface area contributed by atoms with Crippen molar-refractivity contribution in [1.82, 2.24) is 0 Å². The van der Waals surface area contributed by atoms with Crippen molar-refractivity contribution >= 4 is 56.8 Å². The Morgan fingerprint density at radius 2 is 1.67 bits per heavy atom. The second-order valence-electron chi connectivity index (χ2n) is 6.66. The van der Waals surface area contributed by atoms with Crippen LogP contribution in [0.3, 0.4) is 0 Å². The summed E-state index contributed by atoms with van der Waals surface area (Å²) in [7, 11) is 0. The number of ether oxygens (including phenoxy) is 1. The van der Waals surface area contributed by atoms with Crippen molar-refractivity contribution in [3.05, 3.63) is 93.2 Å². The lowest BCUT2D eigenvalue weighted by Crippen LogP contribution is -2.20. The zero-order valence-corrected chi connectivity index (χ0v) is 19.3. The smallest absolute Gasteiger partial charge is 0.266 e. The Kier molecular flexibility index (Phi) is 8.19. The first-order valence-corrected chi connectivity index (χ1v) is 10.7. The Hall–Kier alpha value is -3.67. The minimum atomic E-state index is -0.561. The van der Waals surface area contributed by atoms with Crippen molar-refractivity contribution in [2.24, 2.45) is 0 Å². The Balaban J connectivity index is 1.62. The molecule has 6 nitrogen and oxygen atoms in total. The van der Waals surface area contributed by atoms with Gasteiger partial charge in [-0.2, -0.15) is 5.26 Å². The van der Waals surface area contributed by atoms with E-state index in [9.17, 15) is 19.2 Å². The van der Waals surface area contributed by atoms with Crippen LogP contribution in [0.4, 0.5) is 15.8 Å². The molecule has 0 unspecified atom stereocenters. The summed E-state index contributed by atoms with van der Waals surface area (Å²) in [5.41, 5.74) is 1.44. The highest BCUT2D eigenvalue weighted by Gasteiger charge is 2.11. The molecular formula is C24H16BrClFN3O3. The molecule has 0 spiro atoms. The lowest BCUT2D eigenvalue weighted by Gasteiger charge is -2.10. The summed E-state index contributed by atoms with van der Waals surface area (Å²) in [5, 5.41) is 15.1. The first-order chi connectivity index (χ1) is 15.8. The number of hydrogen-bond acceptors (Lipinski definition) is 4. The monoisotopic (exact) mass is 527 g/mol. The van der Waals surface area contributed by atoms with Crippen LogP contribution in [-0.4, -0.2) is 18.4 Å². The minimum Gasteiger partial charge on any atom is -0.483 e. The Morgan fingerprint density at radius 3 is 2.30 bits per heavy atom. The molecule has 3 aromatic carbocycles. The summed E-state index contributed by atoms with van der Waals surface area (Å²) in [6.07, 6.45) is 1.43. The minimum absolute atomic E-state index is 0.0933. The van der Waals surface area contributed by atoms with Crippen LogP contribution in [0.1, 0.15) is 5.56 Å². The number of halogens is 3. The van der Waals surface area contributed by atoms with Crippen LogP contribution in [0.2, 0.25) is 5.02 Å². The number of anilines is 2. The molecule has 0 heterocycles. The number of nitrogens with zero attached hydrogens (tertiary/aromatic N) is 1. The van der Waals surface area contributed by atoms with Crippen molar-refractivity contribution in [2.75, 3.05) is 17.2 Å². The van der Waals surface area contributed by atoms with Crippen LogP contribution in [-0.2, 0) is 9.59 Å². The van der Waals surface area contributed by atoms with E-state index >= 15 is 0 Å². The van der Waals surface area contributed by atoms with E-state index in [2.05, 4.69) is 26.6 Å². The van der Waals surface area contributed by atoms with E-state index in [1.165, 1.54) is 30.3 Å². The molecule has 0 saturated heterocycles. The quantitative estimate of drug-likeness (QED) is 0.299. The van der Waals surface area contributed by atoms with E-state index in [-0.39, 0.29) is 12.2 Å². The maximum absolute atomic E-state index is 12.9. The number of nitrogens with one attached hydrogen (secondary N) is 2. The maximum atomic E-state index is 12.9. The Bertz CT molecular complexity index is 1240. The summed E-state index contributed by atoms with van der Waals surface area (Å²) in [5.74, 6) is -0.980. The molecule has 0 bridgehead atoms. The molecule has 0 saturated carbocycles. The lowest BCUT2D eigenvalue weighted by molar-refractivity contribution is -0.118. The predicted molar refractivity (Wildman–Crippen MR) is 128 cm³/mol. The van der Waals surface area contributed by atoms with E-state index in [1.54, 1.807) is 42.5 Å². The van der Waals surface area contributed by atoms with Crippen molar-refractivity contribution in [3.63, 3.8) is 0 Å². The topological polar surface area (TPSA) is 91.2 Å². The first-order valence-electron chi connectivity index (χ1n) is 9.50. The summed E-state index contributed by atoms with van der Waals surface area (Å²) in [6, 6.07) is 18.7. The van der Waals surface area contributed by atoms with Gasteiger partial charge in [0.1, 0.15) is 23.2 Å². The molecule has 0 aliphatic rings. The fraction of sp³-hybridized carbons (Fsp3) is 0.0417. The molecule has 3 aromatic rings. The number of nitriles is 1. The van der Waals surface area contributed by atoms with Gasteiger partial charge in [0.2, 0.25) is 0 Å². The molecular weight excluding hydrogens is 513 g/mol. The molecule has 2 amide bonds. The number of hydrogen-bond donors (Lipinski definition) is 2. The van der Waals surface area contributed by atoms with E-state index in [0.29, 0.717) is 32.2 Å². The van der Waals surface area contributed by atoms with Crippen LogP contribution in [0.25, 0.3) is 6.08 Å². The van der Waals surface area contributed by atoms with Gasteiger partial charge in [-0.15, -0.1) is 0 Å². The number of carbonyl (C=O) groups is 2. The van der Waals surface area contributed by atoms with Crippen LogP contribution < -0.4 is 15.4 Å². The molecule has 2 N–H and O–H groups in total.